The number of aryl methyl sites for hydroxylation is 1. The van der Waals surface area contributed by atoms with Crippen molar-refractivity contribution in [1.82, 2.24) is 19.5 Å². The van der Waals surface area contributed by atoms with E-state index in [1.807, 2.05) is 13.0 Å². The first-order chi connectivity index (χ1) is 12.2. The minimum Gasteiger partial charge on any atom is -0.478 e. The Bertz CT molecular complexity index is 766. The summed E-state index contributed by atoms with van der Waals surface area (Å²) in [5.74, 6) is 1.69. The van der Waals surface area contributed by atoms with Gasteiger partial charge in [0.05, 0.1) is 19.3 Å². The van der Waals surface area contributed by atoms with Crippen LogP contribution in [0.2, 0.25) is 0 Å². The number of hydrogen-bond acceptors (Lipinski definition) is 8. The van der Waals surface area contributed by atoms with E-state index in [9.17, 15) is 4.79 Å². The van der Waals surface area contributed by atoms with Crippen LogP contribution >= 0.6 is 0 Å². The molecule has 0 bridgehead atoms. The Morgan fingerprint density at radius 3 is 3.12 bits per heavy atom. The quantitative estimate of drug-likeness (QED) is 0.797. The highest BCUT2D eigenvalue weighted by molar-refractivity contribution is 5.41. The molecule has 1 aliphatic heterocycles. The average Bonchev–Trinajstić information content (AvgIpc) is 2.64. The fourth-order valence-corrected chi connectivity index (χ4v) is 2.61. The summed E-state index contributed by atoms with van der Waals surface area (Å²) in [7, 11) is 1.69. The van der Waals surface area contributed by atoms with Gasteiger partial charge in [0.25, 0.3) is 5.56 Å². The minimum atomic E-state index is -0.160. The first-order valence-electron chi connectivity index (χ1n) is 8.24. The Morgan fingerprint density at radius 2 is 2.28 bits per heavy atom. The normalized spacial score (nSPS) is 17.4. The smallest absolute Gasteiger partial charge is 0.293 e. The van der Waals surface area contributed by atoms with Crippen molar-refractivity contribution in [3.05, 3.63) is 35.1 Å². The number of ether oxygens (including phenoxy) is 2. The second-order valence-electron chi connectivity index (χ2n) is 5.66. The fourth-order valence-electron chi connectivity index (χ4n) is 2.61. The van der Waals surface area contributed by atoms with Gasteiger partial charge in [-0.2, -0.15) is 0 Å². The summed E-state index contributed by atoms with van der Waals surface area (Å²) in [5, 5.41) is 3.07. The molecule has 1 saturated heterocycles. The van der Waals surface area contributed by atoms with E-state index < -0.39 is 0 Å². The van der Waals surface area contributed by atoms with Gasteiger partial charge in [0.2, 0.25) is 5.88 Å². The number of nitrogens with zero attached hydrogens (tertiary/aromatic N) is 5. The van der Waals surface area contributed by atoms with Crippen LogP contribution < -0.4 is 20.5 Å². The van der Waals surface area contributed by atoms with Crippen LogP contribution in [0.5, 0.6) is 5.88 Å². The zero-order chi connectivity index (χ0) is 17.6. The summed E-state index contributed by atoms with van der Waals surface area (Å²) in [6, 6.07) is 1.83. The monoisotopic (exact) mass is 346 g/mol. The van der Waals surface area contributed by atoms with Crippen molar-refractivity contribution in [2.24, 2.45) is 7.05 Å². The zero-order valence-corrected chi connectivity index (χ0v) is 14.4. The van der Waals surface area contributed by atoms with Crippen molar-refractivity contribution in [3.8, 4) is 5.88 Å². The maximum absolute atomic E-state index is 12.0. The predicted molar refractivity (Wildman–Crippen MR) is 93.1 cm³/mol. The Morgan fingerprint density at radius 1 is 1.40 bits per heavy atom. The van der Waals surface area contributed by atoms with Crippen LogP contribution in [0.3, 0.4) is 0 Å². The van der Waals surface area contributed by atoms with E-state index >= 15 is 0 Å². The van der Waals surface area contributed by atoms with E-state index in [2.05, 4.69) is 25.2 Å². The van der Waals surface area contributed by atoms with Crippen molar-refractivity contribution in [3.63, 3.8) is 0 Å². The number of aromatic nitrogens is 4. The molecule has 0 aromatic carbocycles. The van der Waals surface area contributed by atoms with Crippen molar-refractivity contribution in [2.45, 2.75) is 13.0 Å². The van der Waals surface area contributed by atoms with Crippen LogP contribution in [0.1, 0.15) is 6.92 Å². The molecule has 2 aromatic rings. The molecule has 9 nitrogen and oxygen atoms in total. The molecule has 3 rings (SSSR count). The molecule has 1 unspecified atom stereocenters. The van der Waals surface area contributed by atoms with Gasteiger partial charge in [-0.25, -0.2) is 15.0 Å². The molecule has 1 aliphatic rings. The van der Waals surface area contributed by atoms with Gasteiger partial charge in [0.15, 0.2) is 5.82 Å². The van der Waals surface area contributed by atoms with Crippen molar-refractivity contribution < 1.29 is 9.47 Å². The lowest BCUT2D eigenvalue weighted by Gasteiger charge is -2.33. The Kier molecular flexibility index (Phi) is 5.44. The maximum Gasteiger partial charge on any atom is 0.293 e. The van der Waals surface area contributed by atoms with E-state index in [1.54, 1.807) is 19.4 Å². The minimum absolute atomic E-state index is 0.0778. The van der Waals surface area contributed by atoms with Crippen LogP contribution in [-0.2, 0) is 11.8 Å². The fraction of sp³-hybridized carbons (Fsp3) is 0.500. The van der Waals surface area contributed by atoms with E-state index in [-0.39, 0.29) is 11.7 Å². The van der Waals surface area contributed by atoms with Crippen LogP contribution in [0.25, 0.3) is 0 Å². The number of anilines is 2. The first-order valence-corrected chi connectivity index (χ1v) is 8.24. The highest BCUT2D eigenvalue weighted by atomic mass is 16.5. The van der Waals surface area contributed by atoms with Crippen molar-refractivity contribution in [1.29, 1.82) is 0 Å². The van der Waals surface area contributed by atoms with Crippen LogP contribution in [0, 0.1) is 0 Å². The van der Waals surface area contributed by atoms with Crippen molar-refractivity contribution >= 4 is 11.6 Å². The van der Waals surface area contributed by atoms with Crippen molar-refractivity contribution in [2.75, 3.05) is 43.1 Å². The standard InChI is InChI=1S/C16H22N6O3/c1-3-24-14-8-13(19-11-20-14)22-6-7-25-12(10-22)9-18-15-16(23)21(2)5-4-17-15/h4-5,8,11-12H,3,6-7,9-10H2,1-2H3,(H,17,18). The molecule has 2 aromatic heterocycles. The number of nitrogens with one attached hydrogen (secondary N) is 1. The molecule has 9 heteroatoms. The van der Waals surface area contributed by atoms with Gasteiger partial charge in [-0.05, 0) is 6.92 Å². The number of rotatable bonds is 6. The summed E-state index contributed by atoms with van der Waals surface area (Å²) >= 11 is 0. The summed E-state index contributed by atoms with van der Waals surface area (Å²) in [4.78, 5) is 26.6. The average molecular weight is 346 g/mol. The lowest BCUT2D eigenvalue weighted by atomic mass is 10.2. The second-order valence-corrected chi connectivity index (χ2v) is 5.66. The summed E-state index contributed by atoms with van der Waals surface area (Å²) in [6.45, 7) is 4.95. The van der Waals surface area contributed by atoms with Crippen LogP contribution in [0.4, 0.5) is 11.6 Å². The second kappa shape index (κ2) is 7.93. The lowest BCUT2D eigenvalue weighted by Crippen LogP contribution is -2.46. The molecule has 1 fully saturated rings. The Hall–Kier alpha value is -2.68. The Balaban J connectivity index is 1.62. The summed E-state index contributed by atoms with van der Waals surface area (Å²) < 4.78 is 12.7. The van der Waals surface area contributed by atoms with Gasteiger partial charge in [0.1, 0.15) is 12.1 Å². The third kappa shape index (κ3) is 4.24. The highest BCUT2D eigenvalue weighted by Crippen LogP contribution is 2.18. The van der Waals surface area contributed by atoms with E-state index in [0.29, 0.717) is 38.0 Å². The van der Waals surface area contributed by atoms with Gasteiger partial charge >= 0.3 is 0 Å². The van der Waals surface area contributed by atoms with Gasteiger partial charge in [-0.1, -0.05) is 0 Å². The largest absolute Gasteiger partial charge is 0.478 e. The van der Waals surface area contributed by atoms with Gasteiger partial charge in [0, 0.05) is 45.1 Å². The summed E-state index contributed by atoms with van der Waals surface area (Å²) in [6.07, 6.45) is 4.64. The van der Waals surface area contributed by atoms with E-state index in [1.165, 1.54) is 10.9 Å². The first kappa shape index (κ1) is 17.2. The SMILES string of the molecule is CCOc1cc(N2CCOC(CNc3nccn(C)c3=O)C2)ncn1. The predicted octanol–water partition coefficient (Wildman–Crippen LogP) is 0.286. The van der Waals surface area contributed by atoms with E-state index in [0.717, 1.165) is 12.4 Å². The van der Waals surface area contributed by atoms with Crippen LogP contribution in [0.15, 0.2) is 29.6 Å². The molecule has 1 atom stereocenters. The van der Waals surface area contributed by atoms with Gasteiger partial charge in [-0.3, -0.25) is 4.79 Å². The zero-order valence-electron chi connectivity index (χ0n) is 14.4. The molecule has 1 N–H and O–H groups in total. The number of hydrogen-bond donors (Lipinski definition) is 1. The van der Waals surface area contributed by atoms with E-state index in [4.69, 9.17) is 9.47 Å². The molecule has 134 valence electrons. The molecular weight excluding hydrogens is 324 g/mol. The Labute approximate surface area is 145 Å². The van der Waals surface area contributed by atoms with Crippen LogP contribution in [-0.4, -0.2) is 58.5 Å². The molecule has 0 radical (unpaired) electrons. The third-order valence-electron chi connectivity index (χ3n) is 3.90. The topological polar surface area (TPSA) is 94.4 Å². The molecule has 0 spiro atoms. The molecule has 0 saturated carbocycles. The highest BCUT2D eigenvalue weighted by Gasteiger charge is 2.22. The third-order valence-corrected chi connectivity index (χ3v) is 3.90. The summed E-state index contributed by atoms with van der Waals surface area (Å²) in [5.41, 5.74) is -0.160. The molecular formula is C16H22N6O3. The van der Waals surface area contributed by atoms with Gasteiger partial charge < -0.3 is 24.3 Å². The molecule has 0 amide bonds. The lowest BCUT2D eigenvalue weighted by molar-refractivity contribution is 0.0489. The molecule has 0 aliphatic carbocycles. The molecule has 3 heterocycles. The maximum atomic E-state index is 12.0. The number of morpholine rings is 1. The van der Waals surface area contributed by atoms with Gasteiger partial charge in [-0.15, -0.1) is 0 Å². The molecule has 25 heavy (non-hydrogen) atoms.